The van der Waals surface area contributed by atoms with Crippen molar-refractivity contribution in [2.24, 2.45) is 0 Å². The first kappa shape index (κ1) is 11.3. The van der Waals surface area contributed by atoms with E-state index in [0.29, 0.717) is 11.3 Å². The van der Waals surface area contributed by atoms with E-state index >= 15 is 0 Å². The summed E-state index contributed by atoms with van der Waals surface area (Å²) in [6, 6.07) is 7.83. The second kappa shape index (κ2) is 5.85. The maximum Gasteiger partial charge on any atom is 0.133 e. The maximum atomic E-state index is 12.6. The van der Waals surface area contributed by atoms with Gasteiger partial charge < -0.3 is 0 Å². The molecule has 0 N–H and O–H groups in total. The van der Waals surface area contributed by atoms with Crippen LogP contribution in [0, 0.1) is 27.8 Å². The highest BCUT2D eigenvalue weighted by atomic mass is 32.2. The van der Waals surface area contributed by atoms with Crippen LogP contribution in [0.2, 0.25) is 0 Å². The number of thiocyanates is 1. The highest BCUT2D eigenvalue weighted by molar-refractivity contribution is 8.03. The summed E-state index contributed by atoms with van der Waals surface area (Å²) in [6.07, 6.45) is 1.64. The summed E-state index contributed by atoms with van der Waals surface area (Å²) in [4.78, 5) is 0. The van der Waals surface area contributed by atoms with Gasteiger partial charge in [0.1, 0.15) is 11.2 Å². The molecule has 0 bridgehead atoms. The minimum absolute atomic E-state index is 0.308. The minimum Gasteiger partial charge on any atom is -0.207 e. The van der Waals surface area contributed by atoms with Crippen LogP contribution in [0.3, 0.4) is 0 Å². The first-order chi connectivity index (χ1) is 7.26. The van der Waals surface area contributed by atoms with Crippen molar-refractivity contribution in [1.82, 2.24) is 0 Å². The van der Waals surface area contributed by atoms with Crippen molar-refractivity contribution in [2.75, 3.05) is 5.75 Å². The molecule has 0 saturated heterocycles. The van der Waals surface area contributed by atoms with Crippen molar-refractivity contribution < 1.29 is 4.39 Å². The molecule has 4 heteroatoms. The van der Waals surface area contributed by atoms with Gasteiger partial charge in [-0.25, -0.2) is 4.39 Å². The molecule has 0 spiro atoms. The van der Waals surface area contributed by atoms with Crippen molar-refractivity contribution in [3.8, 4) is 11.5 Å². The fourth-order valence-corrected chi connectivity index (χ4v) is 1.34. The molecular weight excluding hydrogens is 211 g/mol. The number of nitrogens with zero attached hydrogens (tertiary/aromatic N) is 2. The predicted octanol–water partition coefficient (Wildman–Crippen LogP) is 2.95. The molecule has 0 saturated carbocycles. The fraction of sp³-hybridized carbons (Fsp3) is 0.0909. The van der Waals surface area contributed by atoms with E-state index in [-0.39, 0.29) is 5.82 Å². The molecule has 74 valence electrons. The summed E-state index contributed by atoms with van der Waals surface area (Å²) in [5.74, 6) is 0.0433. The first-order valence-electron chi connectivity index (χ1n) is 4.13. The van der Waals surface area contributed by atoms with Crippen molar-refractivity contribution in [3.63, 3.8) is 0 Å². The Balaban J connectivity index is 2.81. The lowest BCUT2D eigenvalue weighted by atomic mass is 10.1. The van der Waals surface area contributed by atoms with Crippen LogP contribution in [-0.2, 0) is 0 Å². The van der Waals surface area contributed by atoms with Gasteiger partial charge in [0.2, 0.25) is 0 Å². The summed E-state index contributed by atoms with van der Waals surface area (Å²) < 4.78 is 12.6. The van der Waals surface area contributed by atoms with Gasteiger partial charge in [-0.1, -0.05) is 12.1 Å². The molecule has 15 heavy (non-hydrogen) atoms. The number of halogens is 1. The molecule has 0 aliphatic rings. The zero-order valence-corrected chi connectivity index (χ0v) is 8.59. The van der Waals surface area contributed by atoms with E-state index in [1.54, 1.807) is 18.2 Å². The van der Waals surface area contributed by atoms with Gasteiger partial charge in [0.25, 0.3) is 0 Å². The van der Waals surface area contributed by atoms with Crippen LogP contribution in [0.4, 0.5) is 4.39 Å². The lowest BCUT2D eigenvalue weighted by molar-refractivity contribution is 0.628. The molecule has 1 aromatic rings. The lowest BCUT2D eigenvalue weighted by Gasteiger charge is -1.95. The van der Waals surface area contributed by atoms with Crippen molar-refractivity contribution in [3.05, 3.63) is 41.2 Å². The average Bonchev–Trinajstić information content (AvgIpc) is 2.27. The van der Waals surface area contributed by atoms with Gasteiger partial charge in [-0.2, -0.15) is 10.5 Å². The largest absolute Gasteiger partial charge is 0.207 e. The number of rotatable bonds is 3. The van der Waals surface area contributed by atoms with Gasteiger partial charge >= 0.3 is 0 Å². The normalized spacial score (nSPS) is 10.5. The highest BCUT2D eigenvalue weighted by Gasteiger charge is 1.97. The van der Waals surface area contributed by atoms with E-state index in [1.165, 1.54) is 12.1 Å². The van der Waals surface area contributed by atoms with E-state index < -0.39 is 0 Å². The summed E-state index contributed by atoms with van der Waals surface area (Å²) in [5, 5.41) is 19.0. The van der Waals surface area contributed by atoms with Crippen LogP contribution in [0.5, 0.6) is 0 Å². The SMILES string of the molecule is N#CSC/C(C#N)=C/c1ccc(F)cc1. The van der Waals surface area contributed by atoms with E-state index in [1.807, 2.05) is 11.5 Å². The monoisotopic (exact) mass is 218 g/mol. The Morgan fingerprint density at radius 2 is 2.00 bits per heavy atom. The molecule has 2 nitrogen and oxygen atoms in total. The Morgan fingerprint density at radius 3 is 2.53 bits per heavy atom. The second-order valence-corrected chi connectivity index (χ2v) is 3.47. The molecular formula is C11H7FN2S. The second-order valence-electron chi connectivity index (χ2n) is 2.71. The van der Waals surface area contributed by atoms with Crippen molar-refractivity contribution in [2.45, 2.75) is 0 Å². The molecule has 0 aliphatic heterocycles. The summed E-state index contributed by atoms with van der Waals surface area (Å²) in [6.45, 7) is 0. The third-order valence-electron chi connectivity index (χ3n) is 1.65. The number of benzene rings is 1. The molecule has 0 fully saturated rings. The van der Waals surface area contributed by atoms with Crippen molar-refractivity contribution in [1.29, 1.82) is 10.5 Å². The minimum atomic E-state index is -0.308. The van der Waals surface area contributed by atoms with E-state index in [0.717, 1.165) is 17.3 Å². The number of hydrogen-bond acceptors (Lipinski definition) is 3. The van der Waals surface area contributed by atoms with Gasteiger partial charge in [0.05, 0.1) is 6.07 Å². The van der Waals surface area contributed by atoms with Crippen LogP contribution in [0.25, 0.3) is 6.08 Å². The van der Waals surface area contributed by atoms with Crippen LogP contribution in [0.1, 0.15) is 5.56 Å². The van der Waals surface area contributed by atoms with Crippen molar-refractivity contribution >= 4 is 17.8 Å². The third-order valence-corrected chi connectivity index (χ3v) is 2.23. The maximum absolute atomic E-state index is 12.6. The number of nitriles is 2. The Hall–Kier alpha value is -1.78. The standard InChI is InChI=1S/C11H7FN2S/c12-11-3-1-9(2-4-11)5-10(6-13)7-15-8-14/h1-5H,7H2/b10-5+. The predicted molar refractivity (Wildman–Crippen MR) is 58.1 cm³/mol. The van der Waals surface area contributed by atoms with Gasteiger partial charge in [-0.05, 0) is 35.5 Å². The molecule has 0 unspecified atom stereocenters. The Bertz CT molecular complexity index is 437. The zero-order chi connectivity index (χ0) is 11.1. The Kier molecular flexibility index (Phi) is 4.40. The summed E-state index contributed by atoms with van der Waals surface area (Å²) in [5.41, 5.74) is 1.25. The van der Waals surface area contributed by atoms with Crippen LogP contribution in [-0.4, -0.2) is 5.75 Å². The van der Waals surface area contributed by atoms with Gasteiger partial charge in [-0.3, -0.25) is 0 Å². The Morgan fingerprint density at radius 1 is 1.33 bits per heavy atom. The molecule has 0 radical (unpaired) electrons. The van der Waals surface area contributed by atoms with Crippen LogP contribution >= 0.6 is 11.8 Å². The molecule has 0 aliphatic carbocycles. The Labute approximate surface area is 91.6 Å². The molecule has 0 heterocycles. The van der Waals surface area contributed by atoms with Crippen LogP contribution in [0.15, 0.2) is 29.8 Å². The zero-order valence-electron chi connectivity index (χ0n) is 7.77. The fourth-order valence-electron chi connectivity index (χ4n) is 0.976. The quantitative estimate of drug-likeness (QED) is 0.579. The van der Waals surface area contributed by atoms with E-state index in [9.17, 15) is 4.39 Å². The van der Waals surface area contributed by atoms with E-state index in [4.69, 9.17) is 10.5 Å². The molecule has 1 rings (SSSR count). The topological polar surface area (TPSA) is 47.6 Å². The molecule has 1 aromatic carbocycles. The van der Waals surface area contributed by atoms with Gasteiger partial charge in [0, 0.05) is 11.3 Å². The summed E-state index contributed by atoms with van der Waals surface area (Å²) >= 11 is 1.00. The highest BCUT2D eigenvalue weighted by Crippen LogP contribution is 2.11. The number of hydrogen-bond donors (Lipinski definition) is 0. The van der Waals surface area contributed by atoms with Crippen LogP contribution < -0.4 is 0 Å². The lowest BCUT2D eigenvalue weighted by Crippen LogP contribution is -1.83. The molecule has 0 atom stereocenters. The third kappa shape index (κ3) is 3.84. The smallest absolute Gasteiger partial charge is 0.133 e. The first-order valence-corrected chi connectivity index (χ1v) is 5.12. The number of thioether (sulfide) groups is 1. The van der Waals surface area contributed by atoms with Gasteiger partial charge in [0.15, 0.2) is 0 Å². The summed E-state index contributed by atoms with van der Waals surface area (Å²) in [7, 11) is 0. The average molecular weight is 218 g/mol. The van der Waals surface area contributed by atoms with Gasteiger partial charge in [-0.15, -0.1) is 0 Å². The molecule has 0 amide bonds. The molecule has 0 aromatic heterocycles. The van der Waals surface area contributed by atoms with E-state index in [2.05, 4.69) is 0 Å².